The Morgan fingerprint density at radius 1 is 1.40 bits per heavy atom. The standard InChI is InChI=1S/C15H19N3OS/c1-10(14-9-20-11(2)17-14)16-13-7-5-6-12(8-13)15(19)18(3)4/h5-10,16H,1-4H3. The van der Waals surface area contributed by atoms with E-state index >= 15 is 0 Å². The van der Waals surface area contributed by atoms with Crippen molar-refractivity contribution in [1.29, 1.82) is 0 Å². The summed E-state index contributed by atoms with van der Waals surface area (Å²) in [6.07, 6.45) is 0. The second-order valence-electron chi connectivity index (χ2n) is 4.94. The van der Waals surface area contributed by atoms with E-state index in [0.717, 1.165) is 16.4 Å². The molecule has 0 saturated heterocycles. The lowest BCUT2D eigenvalue weighted by molar-refractivity contribution is 0.0827. The van der Waals surface area contributed by atoms with Crippen molar-refractivity contribution in [2.45, 2.75) is 19.9 Å². The fourth-order valence-corrected chi connectivity index (χ4v) is 2.61. The van der Waals surface area contributed by atoms with E-state index < -0.39 is 0 Å². The van der Waals surface area contributed by atoms with Crippen LogP contribution in [0.2, 0.25) is 0 Å². The van der Waals surface area contributed by atoms with Crippen LogP contribution in [0.4, 0.5) is 5.69 Å². The second kappa shape index (κ2) is 6.05. The van der Waals surface area contributed by atoms with Gasteiger partial charge < -0.3 is 10.2 Å². The van der Waals surface area contributed by atoms with Gasteiger partial charge in [0.05, 0.1) is 16.7 Å². The summed E-state index contributed by atoms with van der Waals surface area (Å²) in [6.45, 7) is 4.06. The minimum absolute atomic E-state index is 0.00538. The Morgan fingerprint density at radius 3 is 2.75 bits per heavy atom. The molecule has 1 heterocycles. The first kappa shape index (κ1) is 14.5. The van der Waals surface area contributed by atoms with Gasteiger partial charge in [0.15, 0.2) is 0 Å². The molecule has 106 valence electrons. The van der Waals surface area contributed by atoms with Gasteiger partial charge in [-0.05, 0) is 32.0 Å². The SMILES string of the molecule is Cc1nc(C(C)Nc2cccc(C(=O)N(C)C)c2)cs1. The summed E-state index contributed by atoms with van der Waals surface area (Å²) in [5.41, 5.74) is 2.63. The highest BCUT2D eigenvalue weighted by Gasteiger charge is 2.11. The van der Waals surface area contributed by atoms with E-state index in [1.54, 1.807) is 30.3 Å². The summed E-state index contributed by atoms with van der Waals surface area (Å²) >= 11 is 1.64. The molecule has 1 aromatic heterocycles. The number of aromatic nitrogens is 1. The third-order valence-corrected chi connectivity index (χ3v) is 3.77. The highest BCUT2D eigenvalue weighted by molar-refractivity contribution is 7.09. The van der Waals surface area contributed by atoms with Crippen LogP contribution in [0.3, 0.4) is 0 Å². The molecule has 0 aliphatic rings. The number of hydrogen-bond donors (Lipinski definition) is 1. The summed E-state index contributed by atoms with van der Waals surface area (Å²) in [5, 5.41) is 6.50. The fourth-order valence-electron chi connectivity index (χ4n) is 1.90. The fraction of sp³-hybridized carbons (Fsp3) is 0.333. The summed E-state index contributed by atoms with van der Waals surface area (Å²) < 4.78 is 0. The molecule has 1 atom stereocenters. The van der Waals surface area contributed by atoms with Crippen LogP contribution < -0.4 is 5.32 Å². The molecule has 2 aromatic rings. The van der Waals surface area contributed by atoms with Crippen LogP contribution in [0.25, 0.3) is 0 Å². The number of thiazole rings is 1. The molecule has 0 bridgehead atoms. The normalized spacial score (nSPS) is 12.0. The van der Waals surface area contributed by atoms with Crippen LogP contribution >= 0.6 is 11.3 Å². The molecule has 1 N–H and O–H groups in total. The van der Waals surface area contributed by atoms with Crippen molar-refractivity contribution in [3.8, 4) is 0 Å². The molecule has 0 saturated carbocycles. The predicted molar refractivity (Wildman–Crippen MR) is 83.3 cm³/mol. The average molecular weight is 289 g/mol. The number of aryl methyl sites for hydroxylation is 1. The van der Waals surface area contributed by atoms with Crippen molar-refractivity contribution < 1.29 is 4.79 Å². The molecule has 0 aliphatic heterocycles. The van der Waals surface area contributed by atoms with Gasteiger partial charge in [0.1, 0.15) is 0 Å². The van der Waals surface area contributed by atoms with E-state index in [9.17, 15) is 4.79 Å². The van der Waals surface area contributed by atoms with Crippen LogP contribution in [0, 0.1) is 6.92 Å². The topological polar surface area (TPSA) is 45.2 Å². The zero-order valence-corrected chi connectivity index (χ0v) is 13.0. The Hall–Kier alpha value is -1.88. The summed E-state index contributed by atoms with van der Waals surface area (Å²) in [5.74, 6) is 0.00538. The van der Waals surface area contributed by atoms with E-state index in [0.29, 0.717) is 5.56 Å². The highest BCUT2D eigenvalue weighted by atomic mass is 32.1. The number of nitrogens with zero attached hydrogens (tertiary/aromatic N) is 2. The maximum absolute atomic E-state index is 11.9. The van der Waals surface area contributed by atoms with Crippen LogP contribution in [0.5, 0.6) is 0 Å². The van der Waals surface area contributed by atoms with Gasteiger partial charge in [0.25, 0.3) is 5.91 Å². The van der Waals surface area contributed by atoms with Gasteiger partial charge >= 0.3 is 0 Å². The van der Waals surface area contributed by atoms with E-state index in [4.69, 9.17) is 0 Å². The van der Waals surface area contributed by atoms with Crippen molar-refractivity contribution in [3.63, 3.8) is 0 Å². The number of anilines is 1. The highest BCUT2D eigenvalue weighted by Crippen LogP contribution is 2.21. The maximum Gasteiger partial charge on any atom is 0.253 e. The first-order chi connectivity index (χ1) is 9.47. The summed E-state index contributed by atoms with van der Waals surface area (Å²) in [4.78, 5) is 18.0. The lowest BCUT2D eigenvalue weighted by Crippen LogP contribution is -2.21. The molecule has 1 unspecified atom stereocenters. The smallest absolute Gasteiger partial charge is 0.253 e. The number of amides is 1. The van der Waals surface area contributed by atoms with Gasteiger partial charge in [-0.2, -0.15) is 0 Å². The van der Waals surface area contributed by atoms with Gasteiger partial charge in [-0.15, -0.1) is 11.3 Å². The minimum Gasteiger partial charge on any atom is -0.377 e. The molecule has 1 aromatic carbocycles. The van der Waals surface area contributed by atoms with Crippen molar-refractivity contribution in [2.24, 2.45) is 0 Å². The Bertz CT molecular complexity index is 607. The van der Waals surface area contributed by atoms with Gasteiger partial charge in [-0.25, -0.2) is 4.98 Å². The van der Waals surface area contributed by atoms with Gasteiger partial charge in [-0.1, -0.05) is 6.07 Å². The first-order valence-electron chi connectivity index (χ1n) is 6.47. The predicted octanol–water partition coefficient (Wildman–Crippen LogP) is 3.33. The zero-order valence-electron chi connectivity index (χ0n) is 12.2. The molecular formula is C15H19N3OS. The first-order valence-corrected chi connectivity index (χ1v) is 7.35. The van der Waals surface area contributed by atoms with Crippen LogP contribution in [-0.4, -0.2) is 29.9 Å². The zero-order chi connectivity index (χ0) is 14.7. The number of benzene rings is 1. The Kier molecular flexibility index (Phi) is 4.39. The Labute approximate surface area is 123 Å². The maximum atomic E-state index is 11.9. The van der Waals surface area contributed by atoms with E-state index in [1.165, 1.54) is 0 Å². The Morgan fingerprint density at radius 2 is 2.15 bits per heavy atom. The molecule has 5 heteroatoms. The molecular weight excluding hydrogens is 270 g/mol. The van der Waals surface area contributed by atoms with Gasteiger partial charge in [0.2, 0.25) is 0 Å². The number of rotatable bonds is 4. The average Bonchev–Trinajstić information content (AvgIpc) is 2.85. The van der Waals surface area contributed by atoms with Crippen LogP contribution in [0.15, 0.2) is 29.6 Å². The van der Waals surface area contributed by atoms with Crippen molar-refractivity contribution in [2.75, 3.05) is 19.4 Å². The number of hydrogen-bond acceptors (Lipinski definition) is 4. The summed E-state index contributed by atoms with van der Waals surface area (Å²) in [6, 6.07) is 7.66. The third kappa shape index (κ3) is 3.36. The molecule has 0 aliphatic carbocycles. The van der Waals surface area contributed by atoms with Crippen molar-refractivity contribution in [3.05, 3.63) is 45.9 Å². The van der Waals surface area contributed by atoms with Crippen LogP contribution in [-0.2, 0) is 0 Å². The molecule has 20 heavy (non-hydrogen) atoms. The molecule has 4 nitrogen and oxygen atoms in total. The lowest BCUT2D eigenvalue weighted by Gasteiger charge is -2.15. The lowest BCUT2D eigenvalue weighted by atomic mass is 10.1. The van der Waals surface area contributed by atoms with Crippen LogP contribution in [0.1, 0.15) is 34.0 Å². The monoisotopic (exact) mass is 289 g/mol. The Balaban J connectivity index is 2.14. The second-order valence-corrected chi connectivity index (χ2v) is 6.00. The third-order valence-electron chi connectivity index (χ3n) is 2.98. The number of carbonyl (C=O) groups excluding carboxylic acids is 1. The quantitative estimate of drug-likeness (QED) is 0.939. The van der Waals surface area contributed by atoms with Crippen molar-refractivity contribution in [1.82, 2.24) is 9.88 Å². The molecule has 0 radical (unpaired) electrons. The largest absolute Gasteiger partial charge is 0.377 e. The van der Waals surface area contributed by atoms with Crippen molar-refractivity contribution >= 4 is 22.9 Å². The molecule has 1 amide bonds. The van der Waals surface area contributed by atoms with E-state index in [1.807, 2.05) is 31.2 Å². The number of carbonyl (C=O) groups is 1. The van der Waals surface area contributed by atoms with E-state index in [2.05, 4.69) is 22.6 Å². The number of nitrogens with one attached hydrogen (secondary N) is 1. The molecule has 0 spiro atoms. The van der Waals surface area contributed by atoms with Gasteiger partial charge in [0, 0.05) is 30.7 Å². The van der Waals surface area contributed by atoms with Gasteiger partial charge in [-0.3, -0.25) is 4.79 Å². The van der Waals surface area contributed by atoms with E-state index in [-0.39, 0.29) is 11.9 Å². The molecule has 2 rings (SSSR count). The minimum atomic E-state index is 0.00538. The molecule has 0 fully saturated rings. The summed E-state index contributed by atoms with van der Waals surface area (Å²) in [7, 11) is 3.51.